The van der Waals surface area contributed by atoms with Gasteiger partial charge in [-0.15, -0.1) is 0 Å². The topological polar surface area (TPSA) is 34.1 Å². The number of fused-ring (bicyclic) bond motifs is 1. The Kier molecular flexibility index (Phi) is 2.92. The van der Waals surface area contributed by atoms with Gasteiger partial charge < -0.3 is 10.1 Å². The second-order valence-electron chi connectivity index (χ2n) is 4.64. The fraction of sp³-hybridized carbons (Fsp3) is 0.462. The van der Waals surface area contributed by atoms with Crippen LogP contribution in [-0.2, 0) is 0 Å². The quantitative estimate of drug-likeness (QED) is 0.852. The lowest BCUT2D eigenvalue weighted by Crippen LogP contribution is -2.20. The van der Waals surface area contributed by atoms with Crippen LogP contribution >= 0.6 is 15.9 Å². The third-order valence-electron chi connectivity index (χ3n) is 3.66. The van der Waals surface area contributed by atoms with Crippen molar-refractivity contribution in [2.45, 2.75) is 18.9 Å². The average Bonchev–Trinajstić information content (AvgIpc) is 2.90. The number of nitrogens with zero attached hydrogens (tertiary/aromatic N) is 1. The molecular formula is C13H15BrN2O. The largest absolute Gasteiger partial charge is 0.494 e. The smallest absolute Gasteiger partial charge is 0.152 e. The number of halogens is 1. The Labute approximate surface area is 109 Å². The van der Waals surface area contributed by atoms with E-state index in [4.69, 9.17) is 4.74 Å². The normalized spacial score (nSPS) is 26.8. The lowest BCUT2D eigenvalue weighted by molar-refractivity contribution is 0.409. The number of hydrogen-bond donors (Lipinski definition) is 1. The van der Waals surface area contributed by atoms with Crippen LogP contribution in [0.3, 0.4) is 0 Å². The minimum absolute atomic E-state index is 0.569. The maximum absolute atomic E-state index is 5.29. The second kappa shape index (κ2) is 4.42. The van der Waals surface area contributed by atoms with Crippen molar-refractivity contribution in [2.24, 2.45) is 5.92 Å². The van der Waals surface area contributed by atoms with Gasteiger partial charge in [0.15, 0.2) is 5.75 Å². The third-order valence-corrected chi connectivity index (χ3v) is 4.26. The van der Waals surface area contributed by atoms with E-state index in [1.165, 1.54) is 17.6 Å². The van der Waals surface area contributed by atoms with Crippen molar-refractivity contribution in [3.8, 4) is 5.75 Å². The minimum atomic E-state index is 0.569. The molecule has 0 spiro atoms. The van der Waals surface area contributed by atoms with Gasteiger partial charge in [0.1, 0.15) is 4.60 Å². The third kappa shape index (κ3) is 2.00. The summed E-state index contributed by atoms with van der Waals surface area (Å²) in [5.41, 5.74) is 2.58. The molecule has 0 amide bonds. The van der Waals surface area contributed by atoms with Gasteiger partial charge in [0.2, 0.25) is 0 Å². The number of methoxy groups -OCH3 is 1. The lowest BCUT2D eigenvalue weighted by atomic mass is 10.00. The van der Waals surface area contributed by atoms with Gasteiger partial charge in [0.05, 0.1) is 7.11 Å². The molecule has 2 heterocycles. The molecule has 1 aromatic heterocycles. The van der Waals surface area contributed by atoms with Crippen molar-refractivity contribution in [3.05, 3.63) is 28.5 Å². The van der Waals surface area contributed by atoms with Crippen LogP contribution < -0.4 is 10.1 Å². The first-order valence-electron chi connectivity index (χ1n) is 5.92. The molecule has 0 bridgehead atoms. The van der Waals surface area contributed by atoms with Crippen LogP contribution in [0.25, 0.3) is 5.57 Å². The molecule has 2 atom stereocenters. The van der Waals surface area contributed by atoms with Crippen molar-refractivity contribution in [1.82, 2.24) is 10.3 Å². The number of pyridine rings is 1. The zero-order valence-corrected chi connectivity index (χ0v) is 11.3. The van der Waals surface area contributed by atoms with Gasteiger partial charge >= 0.3 is 0 Å². The number of hydrogen-bond acceptors (Lipinski definition) is 3. The number of ether oxygens (including phenoxy) is 1. The summed E-state index contributed by atoms with van der Waals surface area (Å²) in [4.78, 5) is 4.32. The zero-order chi connectivity index (χ0) is 11.8. The molecule has 1 aliphatic heterocycles. The molecule has 1 aromatic rings. The lowest BCUT2D eigenvalue weighted by Gasteiger charge is -2.08. The average molecular weight is 295 g/mol. The maximum Gasteiger partial charge on any atom is 0.152 e. The van der Waals surface area contributed by atoms with Gasteiger partial charge in [-0.1, -0.05) is 6.08 Å². The van der Waals surface area contributed by atoms with Crippen molar-refractivity contribution >= 4 is 21.5 Å². The number of aromatic nitrogens is 1. The van der Waals surface area contributed by atoms with E-state index in [-0.39, 0.29) is 0 Å². The van der Waals surface area contributed by atoms with Gasteiger partial charge in [0, 0.05) is 12.2 Å². The standard InChI is InChI=1S/C13H15BrN2O/c1-17-12-6-10(7-16-13(12)14)9-4-8-2-3-15-11(8)5-9/h5-8,11,15H,2-4H2,1H3. The predicted octanol–water partition coefficient (Wildman–Crippen LogP) is 2.62. The second-order valence-corrected chi connectivity index (χ2v) is 5.39. The van der Waals surface area contributed by atoms with E-state index >= 15 is 0 Å². The molecule has 1 aliphatic carbocycles. The van der Waals surface area contributed by atoms with Crippen LogP contribution in [0.2, 0.25) is 0 Å². The Morgan fingerprint density at radius 2 is 2.41 bits per heavy atom. The highest BCUT2D eigenvalue weighted by molar-refractivity contribution is 9.10. The molecule has 17 heavy (non-hydrogen) atoms. The first kappa shape index (κ1) is 11.2. The van der Waals surface area contributed by atoms with Crippen molar-refractivity contribution in [3.63, 3.8) is 0 Å². The number of nitrogens with one attached hydrogen (secondary N) is 1. The summed E-state index contributed by atoms with van der Waals surface area (Å²) in [5, 5.41) is 3.52. The van der Waals surface area contributed by atoms with Crippen LogP contribution in [-0.4, -0.2) is 24.7 Å². The summed E-state index contributed by atoms with van der Waals surface area (Å²) in [7, 11) is 1.67. The summed E-state index contributed by atoms with van der Waals surface area (Å²) < 4.78 is 6.05. The van der Waals surface area contributed by atoms with Crippen LogP contribution in [0.4, 0.5) is 0 Å². The van der Waals surface area contributed by atoms with E-state index in [9.17, 15) is 0 Å². The molecule has 1 saturated heterocycles. The summed E-state index contributed by atoms with van der Waals surface area (Å²) in [5.74, 6) is 1.58. The van der Waals surface area contributed by atoms with Gasteiger partial charge in [-0.3, -0.25) is 0 Å². The predicted molar refractivity (Wildman–Crippen MR) is 71.0 cm³/mol. The van der Waals surface area contributed by atoms with E-state index in [0.29, 0.717) is 6.04 Å². The maximum atomic E-state index is 5.29. The molecule has 4 heteroatoms. The highest BCUT2D eigenvalue weighted by Gasteiger charge is 2.31. The molecule has 3 nitrogen and oxygen atoms in total. The van der Waals surface area contributed by atoms with Crippen molar-refractivity contribution in [2.75, 3.05) is 13.7 Å². The molecular weight excluding hydrogens is 280 g/mol. The van der Waals surface area contributed by atoms with Gasteiger partial charge in [-0.25, -0.2) is 4.98 Å². The van der Waals surface area contributed by atoms with E-state index < -0.39 is 0 Å². The van der Waals surface area contributed by atoms with Gasteiger partial charge in [0.25, 0.3) is 0 Å². The SMILES string of the molecule is COc1cc(C2=CC3NCCC3C2)cnc1Br. The molecule has 2 unspecified atom stereocenters. The molecule has 1 fully saturated rings. The molecule has 0 saturated carbocycles. The Morgan fingerprint density at radius 3 is 3.18 bits per heavy atom. The van der Waals surface area contributed by atoms with Crippen LogP contribution in [0.15, 0.2) is 22.9 Å². The fourth-order valence-electron chi connectivity index (χ4n) is 2.73. The Balaban J connectivity index is 1.90. The van der Waals surface area contributed by atoms with Crippen LogP contribution in [0.5, 0.6) is 5.75 Å². The zero-order valence-electron chi connectivity index (χ0n) is 9.74. The van der Waals surface area contributed by atoms with Gasteiger partial charge in [-0.05, 0) is 58.4 Å². The highest BCUT2D eigenvalue weighted by atomic mass is 79.9. The summed E-state index contributed by atoms with van der Waals surface area (Å²) in [6, 6.07) is 2.63. The van der Waals surface area contributed by atoms with Crippen LogP contribution in [0.1, 0.15) is 18.4 Å². The Morgan fingerprint density at radius 1 is 1.53 bits per heavy atom. The molecule has 3 rings (SSSR count). The molecule has 1 N–H and O–H groups in total. The van der Waals surface area contributed by atoms with Crippen LogP contribution in [0, 0.1) is 5.92 Å². The summed E-state index contributed by atoms with van der Waals surface area (Å²) in [6.45, 7) is 1.15. The molecule has 0 aromatic carbocycles. The first-order valence-corrected chi connectivity index (χ1v) is 6.71. The highest BCUT2D eigenvalue weighted by Crippen LogP contribution is 2.38. The van der Waals surface area contributed by atoms with Crippen molar-refractivity contribution < 1.29 is 4.74 Å². The van der Waals surface area contributed by atoms with E-state index in [2.05, 4.69) is 38.4 Å². The Hall–Kier alpha value is -0.870. The van der Waals surface area contributed by atoms with E-state index in [1.54, 1.807) is 7.11 Å². The van der Waals surface area contributed by atoms with Gasteiger partial charge in [-0.2, -0.15) is 0 Å². The van der Waals surface area contributed by atoms with E-state index in [0.717, 1.165) is 29.2 Å². The Bertz CT molecular complexity index is 472. The number of rotatable bonds is 2. The first-order chi connectivity index (χ1) is 8.28. The fourth-order valence-corrected chi connectivity index (χ4v) is 3.11. The molecule has 2 aliphatic rings. The van der Waals surface area contributed by atoms with E-state index in [1.807, 2.05) is 6.20 Å². The summed E-state index contributed by atoms with van der Waals surface area (Å²) in [6.07, 6.45) is 6.71. The molecule has 90 valence electrons. The number of allylic oxidation sites excluding steroid dienone is 1. The molecule has 0 radical (unpaired) electrons. The van der Waals surface area contributed by atoms with Crippen molar-refractivity contribution in [1.29, 1.82) is 0 Å². The monoisotopic (exact) mass is 294 g/mol. The summed E-state index contributed by atoms with van der Waals surface area (Å²) >= 11 is 3.38. The minimum Gasteiger partial charge on any atom is -0.494 e.